The number of nitrogens with one attached hydrogen (secondary N) is 2. The summed E-state index contributed by atoms with van der Waals surface area (Å²) in [5.74, 6) is 10.4. The molecule has 1 aromatic rings. The SMILES string of the molecule is Cl.NNC(=Nc1c(Cl)cccc1Cl)NN. The first-order chi connectivity index (χ1) is 6.69. The predicted octanol–water partition coefficient (Wildman–Crippen LogP) is 1.33. The Morgan fingerprint density at radius 3 is 2.00 bits per heavy atom. The zero-order valence-corrected chi connectivity index (χ0v) is 9.83. The molecule has 0 aliphatic heterocycles. The Morgan fingerprint density at radius 1 is 1.13 bits per heavy atom. The number of hydrazine groups is 2. The number of rotatable bonds is 1. The van der Waals surface area contributed by atoms with Crippen molar-refractivity contribution in [2.75, 3.05) is 0 Å². The number of aliphatic imine (C=N–C) groups is 1. The Labute approximate surface area is 103 Å². The molecule has 1 aromatic carbocycles. The van der Waals surface area contributed by atoms with E-state index in [-0.39, 0.29) is 18.4 Å². The standard InChI is InChI=1S/C7H9Cl2N5.ClH/c8-4-2-1-3-5(9)6(4)12-7(13-10)14-11;/h1-3H,10-11H2,(H2,12,13,14);1H. The molecular formula is C7H10Cl3N5. The van der Waals surface area contributed by atoms with E-state index in [2.05, 4.69) is 15.8 Å². The maximum Gasteiger partial charge on any atom is 0.225 e. The smallest absolute Gasteiger partial charge is 0.225 e. The summed E-state index contributed by atoms with van der Waals surface area (Å²) >= 11 is 11.7. The van der Waals surface area contributed by atoms with Crippen molar-refractivity contribution in [3.05, 3.63) is 28.2 Å². The summed E-state index contributed by atoms with van der Waals surface area (Å²) in [6, 6.07) is 5.04. The normalized spacial score (nSPS) is 8.80. The fraction of sp³-hybridized carbons (Fsp3) is 0. The Kier molecular flexibility index (Phi) is 6.38. The predicted molar refractivity (Wildman–Crippen MR) is 65.5 cm³/mol. The van der Waals surface area contributed by atoms with Gasteiger partial charge in [-0.2, -0.15) is 0 Å². The van der Waals surface area contributed by atoms with E-state index in [1.54, 1.807) is 18.2 Å². The molecule has 0 bridgehead atoms. The van der Waals surface area contributed by atoms with Crippen LogP contribution in [-0.2, 0) is 0 Å². The van der Waals surface area contributed by atoms with Crippen molar-refractivity contribution < 1.29 is 0 Å². The van der Waals surface area contributed by atoms with Gasteiger partial charge in [-0.05, 0) is 12.1 Å². The van der Waals surface area contributed by atoms with E-state index >= 15 is 0 Å². The topological polar surface area (TPSA) is 88.5 Å². The average molecular weight is 271 g/mol. The zero-order chi connectivity index (χ0) is 10.6. The van der Waals surface area contributed by atoms with Crippen molar-refractivity contribution >= 4 is 47.3 Å². The molecule has 1 rings (SSSR count). The second-order valence-electron chi connectivity index (χ2n) is 2.32. The highest BCUT2D eigenvalue weighted by Crippen LogP contribution is 2.32. The van der Waals surface area contributed by atoms with Gasteiger partial charge in [0.25, 0.3) is 0 Å². The summed E-state index contributed by atoms with van der Waals surface area (Å²) < 4.78 is 0. The first-order valence-electron chi connectivity index (χ1n) is 3.65. The maximum atomic E-state index is 5.86. The van der Waals surface area contributed by atoms with E-state index in [1.807, 2.05) is 0 Å². The Hall–Kier alpha value is -0.720. The fourth-order valence-corrected chi connectivity index (χ4v) is 1.30. The molecule has 5 nitrogen and oxygen atoms in total. The van der Waals surface area contributed by atoms with Gasteiger partial charge in [-0.25, -0.2) is 16.7 Å². The fourth-order valence-electron chi connectivity index (χ4n) is 0.814. The van der Waals surface area contributed by atoms with Crippen LogP contribution in [0.25, 0.3) is 0 Å². The Balaban J connectivity index is 0.00000196. The van der Waals surface area contributed by atoms with Crippen LogP contribution in [0.4, 0.5) is 5.69 Å². The van der Waals surface area contributed by atoms with Gasteiger partial charge in [-0.1, -0.05) is 29.3 Å². The molecule has 6 N–H and O–H groups in total. The van der Waals surface area contributed by atoms with Gasteiger partial charge in [0.15, 0.2) is 0 Å². The van der Waals surface area contributed by atoms with E-state index in [0.29, 0.717) is 15.7 Å². The van der Waals surface area contributed by atoms with Crippen LogP contribution in [0.15, 0.2) is 23.2 Å². The molecule has 0 spiro atoms. The van der Waals surface area contributed by atoms with E-state index < -0.39 is 0 Å². The molecule has 0 aliphatic rings. The van der Waals surface area contributed by atoms with E-state index in [0.717, 1.165) is 0 Å². The number of hydrogen-bond donors (Lipinski definition) is 4. The zero-order valence-electron chi connectivity index (χ0n) is 7.50. The minimum Gasteiger partial charge on any atom is -0.293 e. The first-order valence-corrected chi connectivity index (χ1v) is 4.40. The van der Waals surface area contributed by atoms with Crippen LogP contribution < -0.4 is 22.5 Å². The van der Waals surface area contributed by atoms with Crippen LogP contribution in [0.5, 0.6) is 0 Å². The van der Waals surface area contributed by atoms with Crippen molar-refractivity contribution in [1.82, 2.24) is 10.9 Å². The lowest BCUT2D eigenvalue weighted by atomic mass is 10.3. The van der Waals surface area contributed by atoms with Crippen molar-refractivity contribution in [1.29, 1.82) is 0 Å². The summed E-state index contributed by atoms with van der Waals surface area (Å²) in [4.78, 5) is 3.98. The molecule has 0 heterocycles. The largest absolute Gasteiger partial charge is 0.293 e. The second kappa shape index (κ2) is 6.71. The summed E-state index contributed by atoms with van der Waals surface area (Å²) in [6.07, 6.45) is 0. The van der Waals surface area contributed by atoms with Crippen LogP contribution in [0.3, 0.4) is 0 Å². The van der Waals surface area contributed by atoms with Crippen molar-refractivity contribution in [2.45, 2.75) is 0 Å². The summed E-state index contributed by atoms with van der Waals surface area (Å²) in [5.41, 5.74) is 4.91. The van der Waals surface area contributed by atoms with E-state index in [4.69, 9.17) is 34.9 Å². The number of nitrogens with zero attached hydrogens (tertiary/aromatic N) is 1. The molecule has 0 fully saturated rings. The van der Waals surface area contributed by atoms with Gasteiger partial charge in [-0.3, -0.25) is 10.9 Å². The summed E-state index contributed by atoms with van der Waals surface area (Å²) in [5, 5.41) is 0.834. The maximum absolute atomic E-state index is 5.86. The van der Waals surface area contributed by atoms with Gasteiger partial charge < -0.3 is 0 Å². The number of para-hydroxylation sites is 1. The third kappa shape index (κ3) is 3.73. The minimum atomic E-state index is 0. The van der Waals surface area contributed by atoms with Gasteiger partial charge in [0.05, 0.1) is 10.0 Å². The van der Waals surface area contributed by atoms with Crippen molar-refractivity contribution in [2.24, 2.45) is 16.7 Å². The molecule has 0 saturated heterocycles. The summed E-state index contributed by atoms with van der Waals surface area (Å²) in [6.45, 7) is 0. The summed E-state index contributed by atoms with van der Waals surface area (Å²) in [7, 11) is 0. The lowest BCUT2D eigenvalue weighted by Crippen LogP contribution is -2.44. The molecule has 0 atom stereocenters. The minimum absolute atomic E-state index is 0. The number of benzene rings is 1. The first kappa shape index (κ1) is 14.3. The highest BCUT2D eigenvalue weighted by atomic mass is 35.5. The molecule has 0 aromatic heterocycles. The molecule has 15 heavy (non-hydrogen) atoms. The quantitative estimate of drug-likeness (QED) is 0.268. The van der Waals surface area contributed by atoms with Gasteiger partial charge in [0.2, 0.25) is 5.96 Å². The molecule has 0 radical (unpaired) electrons. The highest BCUT2D eigenvalue weighted by molar-refractivity contribution is 6.38. The monoisotopic (exact) mass is 269 g/mol. The average Bonchev–Trinajstić information content (AvgIpc) is 2.18. The molecule has 0 amide bonds. The number of nitrogens with two attached hydrogens (primary N) is 2. The Morgan fingerprint density at radius 2 is 1.60 bits per heavy atom. The van der Waals surface area contributed by atoms with Gasteiger partial charge in [0, 0.05) is 0 Å². The number of guanidine groups is 1. The van der Waals surface area contributed by atoms with Crippen molar-refractivity contribution in [3.63, 3.8) is 0 Å². The second-order valence-corrected chi connectivity index (χ2v) is 3.13. The van der Waals surface area contributed by atoms with E-state index in [9.17, 15) is 0 Å². The highest BCUT2D eigenvalue weighted by Gasteiger charge is 2.04. The van der Waals surface area contributed by atoms with Gasteiger partial charge in [-0.15, -0.1) is 12.4 Å². The lowest BCUT2D eigenvalue weighted by Gasteiger charge is -2.05. The molecular weight excluding hydrogens is 260 g/mol. The molecule has 0 saturated carbocycles. The number of halogens is 3. The molecule has 84 valence electrons. The van der Waals surface area contributed by atoms with E-state index in [1.165, 1.54) is 0 Å². The number of hydrogen-bond acceptors (Lipinski definition) is 3. The Bertz CT molecular complexity index is 328. The molecule has 0 aliphatic carbocycles. The van der Waals surface area contributed by atoms with Crippen LogP contribution in [0, 0.1) is 0 Å². The van der Waals surface area contributed by atoms with Crippen LogP contribution >= 0.6 is 35.6 Å². The van der Waals surface area contributed by atoms with Crippen LogP contribution in [0.1, 0.15) is 0 Å². The van der Waals surface area contributed by atoms with Gasteiger partial charge >= 0.3 is 0 Å². The van der Waals surface area contributed by atoms with Gasteiger partial charge in [0.1, 0.15) is 5.69 Å². The lowest BCUT2D eigenvalue weighted by molar-refractivity contribution is 0.897. The van der Waals surface area contributed by atoms with Crippen LogP contribution in [-0.4, -0.2) is 5.96 Å². The third-order valence-electron chi connectivity index (χ3n) is 1.43. The van der Waals surface area contributed by atoms with Crippen LogP contribution in [0.2, 0.25) is 10.0 Å². The third-order valence-corrected chi connectivity index (χ3v) is 2.04. The molecule has 0 unspecified atom stereocenters. The van der Waals surface area contributed by atoms with Crippen molar-refractivity contribution in [3.8, 4) is 0 Å². The molecule has 8 heteroatoms.